The quantitative estimate of drug-likeness (QED) is 0.241. The van der Waals surface area contributed by atoms with Gasteiger partial charge in [-0.25, -0.2) is 9.78 Å². The van der Waals surface area contributed by atoms with Crippen LogP contribution in [0.1, 0.15) is 15.9 Å². The predicted molar refractivity (Wildman–Crippen MR) is 129 cm³/mol. The summed E-state index contributed by atoms with van der Waals surface area (Å²) in [7, 11) is 1.82. The summed E-state index contributed by atoms with van der Waals surface area (Å²) in [6.07, 6.45) is 1.47. The number of benzene rings is 2. The number of amides is 1. The van der Waals surface area contributed by atoms with Crippen LogP contribution in [0.2, 0.25) is 0 Å². The van der Waals surface area contributed by atoms with Gasteiger partial charge in [-0.3, -0.25) is 14.9 Å². The minimum atomic E-state index is -1.21. The van der Waals surface area contributed by atoms with Crippen LogP contribution in [0.25, 0.3) is 22.2 Å². The topological polar surface area (TPSA) is 122 Å². The highest BCUT2D eigenvalue weighted by Gasteiger charge is 2.21. The Labute approximate surface area is 199 Å². The molecule has 0 radical (unpaired) electrons. The number of hydrogen-bond acceptors (Lipinski definition) is 6. The second-order valence-corrected chi connectivity index (χ2v) is 8.98. The zero-order valence-electron chi connectivity index (χ0n) is 16.6. The first kappa shape index (κ1) is 22.0. The Kier molecular flexibility index (Phi) is 5.98. The number of carboxylic acid groups (broad SMARTS) is 1. The maximum Gasteiger partial charge on any atom is 0.339 e. The summed E-state index contributed by atoms with van der Waals surface area (Å²) in [6.45, 7) is 0. The van der Waals surface area contributed by atoms with E-state index in [1.54, 1.807) is 23.7 Å². The van der Waals surface area contributed by atoms with Crippen LogP contribution in [0.3, 0.4) is 0 Å². The van der Waals surface area contributed by atoms with Crippen LogP contribution in [-0.2, 0) is 23.1 Å². The lowest BCUT2D eigenvalue weighted by Gasteiger charge is -2.08. The lowest BCUT2D eigenvalue weighted by Crippen LogP contribution is -2.24. The number of ketones is 1. The smallest absolute Gasteiger partial charge is 0.339 e. The number of Topliss-reactive ketones (excluding diaryl/α,β-unsaturated/α-hetero) is 1. The summed E-state index contributed by atoms with van der Waals surface area (Å²) in [5.41, 5.74) is 2.78. The van der Waals surface area contributed by atoms with Crippen LogP contribution in [0.4, 0.5) is 5.13 Å². The van der Waals surface area contributed by atoms with Gasteiger partial charge in [0.25, 0.3) is 5.91 Å². The molecule has 8 nitrogen and oxygen atoms in total. The molecule has 0 saturated carbocycles. The molecule has 2 aromatic carbocycles. The number of anilines is 1. The summed E-state index contributed by atoms with van der Waals surface area (Å²) in [5, 5.41) is 24.7. The van der Waals surface area contributed by atoms with Crippen LogP contribution >= 0.6 is 33.9 Å². The van der Waals surface area contributed by atoms with Crippen molar-refractivity contribution in [2.45, 2.75) is 6.42 Å². The second-order valence-electron chi connectivity index (χ2n) is 7.00. The molecule has 0 aliphatic rings. The number of thiazole rings is 1. The van der Waals surface area contributed by atoms with Crippen LogP contribution in [-0.4, -0.2) is 37.4 Å². The van der Waals surface area contributed by atoms with E-state index in [0.29, 0.717) is 21.6 Å². The normalized spacial score (nSPS) is 10.9. The van der Waals surface area contributed by atoms with Crippen molar-refractivity contribution in [3.63, 3.8) is 0 Å². The first-order valence-corrected chi connectivity index (χ1v) is 11.3. The van der Waals surface area contributed by atoms with Gasteiger partial charge in [-0.15, -0.1) is 11.3 Å². The molecule has 0 aliphatic heterocycles. The highest BCUT2D eigenvalue weighted by atomic mass is 127. The van der Waals surface area contributed by atoms with Gasteiger partial charge in [0.2, 0.25) is 5.78 Å². The van der Waals surface area contributed by atoms with E-state index < -0.39 is 17.7 Å². The van der Waals surface area contributed by atoms with Gasteiger partial charge in [-0.2, -0.15) is 0 Å². The third-order valence-electron chi connectivity index (χ3n) is 4.96. The Hall–Kier alpha value is -3.25. The molecule has 10 heteroatoms. The third kappa shape index (κ3) is 4.10. The van der Waals surface area contributed by atoms with Crippen LogP contribution < -0.4 is 5.32 Å². The number of carbonyl (C=O) groups is 3. The molecular weight excluding hydrogens is 545 g/mol. The Morgan fingerprint density at radius 3 is 2.69 bits per heavy atom. The van der Waals surface area contributed by atoms with Crippen LogP contribution in [0, 0.1) is 3.57 Å². The molecule has 1 amide bonds. The minimum absolute atomic E-state index is 0.0739. The minimum Gasteiger partial charge on any atom is -0.507 e. The van der Waals surface area contributed by atoms with Crippen molar-refractivity contribution < 1.29 is 24.6 Å². The van der Waals surface area contributed by atoms with Gasteiger partial charge in [-0.1, -0.05) is 18.2 Å². The zero-order valence-corrected chi connectivity index (χ0v) is 19.6. The number of carboxylic acids is 1. The molecular formula is C22H16IN3O5S. The van der Waals surface area contributed by atoms with E-state index in [2.05, 4.69) is 32.9 Å². The van der Waals surface area contributed by atoms with Crippen molar-refractivity contribution in [2.75, 3.05) is 5.32 Å². The van der Waals surface area contributed by atoms with Crippen molar-refractivity contribution in [3.8, 4) is 17.0 Å². The molecule has 0 spiro atoms. The predicted octanol–water partition coefficient (Wildman–Crippen LogP) is 4.06. The SMILES string of the molecule is Cn1c(-c2cccc(CC(=O)C(=O)Nc3nccs3)c2)c(I)c2cc(C(=O)O)c(O)cc21. The van der Waals surface area contributed by atoms with Crippen molar-refractivity contribution in [3.05, 3.63) is 62.7 Å². The summed E-state index contributed by atoms with van der Waals surface area (Å²) >= 11 is 3.37. The highest BCUT2D eigenvalue weighted by molar-refractivity contribution is 14.1. The first-order chi connectivity index (χ1) is 15.3. The Morgan fingerprint density at radius 2 is 2.00 bits per heavy atom. The molecule has 2 heterocycles. The molecule has 3 N–H and O–H groups in total. The number of nitrogens with one attached hydrogen (secondary N) is 1. The number of halogens is 1. The maximum atomic E-state index is 12.4. The molecule has 4 rings (SSSR count). The first-order valence-electron chi connectivity index (χ1n) is 9.33. The molecule has 0 unspecified atom stereocenters. The third-order valence-corrected chi connectivity index (χ3v) is 6.74. The lowest BCUT2D eigenvalue weighted by molar-refractivity contribution is -0.134. The summed E-state index contributed by atoms with van der Waals surface area (Å²) < 4.78 is 2.67. The van der Waals surface area contributed by atoms with Gasteiger partial charge in [-0.05, 0) is 45.9 Å². The number of aromatic nitrogens is 2. The number of carbonyl (C=O) groups excluding carboxylic acids is 2. The lowest BCUT2D eigenvalue weighted by atomic mass is 10.0. The monoisotopic (exact) mass is 561 g/mol. The van der Waals surface area contributed by atoms with E-state index in [9.17, 15) is 24.6 Å². The molecule has 32 heavy (non-hydrogen) atoms. The molecule has 162 valence electrons. The number of phenols is 1. The average Bonchev–Trinajstić information content (AvgIpc) is 3.34. The van der Waals surface area contributed by atoms with Crippen LogP contribution in [0.15, 0.2) is 48.0 Å². The molecule has 4 aromatic rings. The molecule has 0 saturated heterocycles. The fourth-order valence-corrected chi connectivity index (χ4v) is 5.09. The van der Waals surface area contributed by atoms with Gasteiger partial charge in [0, 0.05) is 40.1 Å². The largest absolute Gasteiger partial charge is 0.507 e. The van der Waals surface area contributed by atoms with Gasteiger partial charge in [0.05, 0.1) is 11.2 Å². The highest BCUT2D eigenvalue weighted by Crippen LogP contribution is 2.37. The number of fused-ring (bicyclic) bond motifs is 1. The number of nitrogens with zero attached hydrogens (tertiary/aromatic N) is 2. The van der Waals surface area contributed by atoms with Gasteiger partial charge in [0.1, 0.15) is 11.3 Å². The van der Waals surface area contributed by atoms with Gasteiger partial charge >= 0.3 is 5.97 Å². The number of aryl methyl sites for hydroxylation is 1. The van der Waals surface area contributed by atoms with E-state index in [0.717, 1.165) is 14.8 Å². The summed E-state index contributed by atoms with van der Waals surface area (Å²) in [5.74, 6) is -2.82. The van der Waals surface area contributed by atoms with E-state index in [1.807, 2.05) is 23.7 Å². The Balaban J connectivity index is 1.66. The maximum absolute atomic E-state index is 12.4. The average molecular weight is 561 g/mol. The molecule has 2 aromatic heterocycles. The molecule has 0 atom stereocenters. The van der Waals surface area contributed by atoms with E-state index in [1.165, 1.54) is 23.5 Å². The number of hydrogen-bond donors (Lipinski definition) is 3. The molecule has 0 bridgehead atoms. The fraction of sp³-hybridized carbons (Fsp3) is 0.0909. The Bertz CT molecular complexity index is 1380. The Morgan fingerprint density at radius 1 is 1.22 bits per heavy atom. The van der Waals surface area contributed by atoms with Crippen LogP contribution in [0.5, 0.6) is 5.75 Å². The number of aromatic carboxylic acids is 1. The van der Waals surface area contributed by atoms with Crippen molar-refractivity contribution in [1.29, 1.82) is 0 Å². The molecule has 0 fully saturated rings. The standard InChI is InChI=1S/C22H16IN3O5S/c1-26-15-10-16(27)14(21(30)31)9-13(15)18(23)19(26)12-4-2-3-11(7-12)8-17(28)20(29)25-22-24-5-6-32-22/h2-7,9-10,27H,8H2,1H3,(H,30,31)(H,24,25,29). The fourth-order valence-electron chi connectivity index (χ4n) is 3.46. The number of aromatic hydroxyl groups is 1. The van der Waals surface area contributed by atoms with Crippen molar-refractivity contribution >= 4 is 67.6 Å². The summed E-state index contributed by atoms with van der Waals surface area (Å²) in [6, 6.07) is 10.1. The van der Waals surface area contributed by atoms with E-state index in [4.69, 9.17) is 0 Å². The summed E-state index contributed by atoms with van der Waals surface area (Å²) in [4.78, 5) is 39.9. The van der Waals surface area contributed by atoms with Crippen molar-refractivity contribution in [1.82, 2.24) is 9.55 Å². The zero-order chi connectivity index (χ0) is 23.0. The second kappa shape index (κ2) is 8.71. The van der Waals surface area contributed by atoms with Gasteiger partial charge < -0.3 is 14.8 Å². The molecule has 0 aliphatic carbocycles. The van der Waals surface area contributed by atoms with E-state index >= 15 is 0 Å². The van der Waals surface area contributed by atoms with E-state index in [-0.39, 0.29) is 17.7 Å². The van der Waals surface area contributed by atoms with Crippen molar-refractivity contribution in [2.24, 2.45) is 7.05 Å². The van der Waals surface area contributed by atoms with Gasteiger partial charge in [0.15, 0.2) is 5.13 Å². The number of rotatable bonds is 6.